The molecule has 0 amide bonds. The van der Waals surface area contributed by atoms with Crippen molar-refractivity contribution in [2.75, 3.05) is 11.9 Å². The molecule has 0 atom stereocenters. The fourth-order valence-electron chi connectivity index (χ4n) is 4.93. The number of aromatic nitrogens is 3. The minimum absolute atomic E-state index is 0.102. The second-order valence-corrected chi connectivity index (χ2v) is 9.95. The highest BCUT2D eigenvalue weighted by Crippen LogP contribution is 2.33. The molecule has 3 aromatic rings. The van der Waals surface area contributed by atoms with E-state index in [1.54, 1.807) is 0 Å². The predicted octanol–water partition coefficient (Wildman–Crippen LogP) is 5.00. The van der Waals surface area contributed by atoms with Crippen molar-refractivity contribution in [3.8, 4) is 11.3 Å². The summed E-state index contributed by atoms with van der Waals surface area (Å²) >= 11 is 0. The molecule has 5 heteroatoms. The molecule has 4 rings (SSSR count). The van der Waals surface area contributed by atoms with Gasteiger partial charge in [0.05, 0.1) is 11.2 Å². The number of rotatable bonds is 4. The number of nitrogens with one attached hydrogen (secondary N) is 1. The SMILES string of the molecule is CCc1cnc2ccc(-c3ccc(N(C)C4CC(C)(C)NC(C)(C)C4)nn3)cc2c1. The topological polar surface area (TPSA) is 53.9 Å². The molecule has 1 aromatic carbocycles. The smallest absolute Gasteiger partial charge is 0.151 e. The van der Waals surface area contributed by atoms with Crippen molar-refractivity contribution in [1.29, 1.82) is 0 Å². The summed E-state index contributed by atoms with van der Waals surface area (Å²) in [6.45, 7) is 11.3. The summed E-state index contributed by atoms with van der Waals surface area (Å²) in [4.78, 5) is 6.84. The largest absolute Gasteiger partial charge is 0.355 e. The van der Waals surface area contributed by atoms with Gasteiger partial charge in [-0.25, -0.2) is 0 Å². The quantitative estimate of drug-likeness (QED) is 0.664. The number of hydrogen-bond acceptors (Lipinski definition) is 5. The van der Waals surface area contributed by atoms with Crippen molar-refractivity contribution in [2.45, 2.75) is 71.0 Å². The molecule has 1 aliphatic heterocycles. The Balaban J connectivity index is 1.57. The number of aryl methyl sites for hydroxylation is 1. The Morgan fingerprint density at radius 3 is 2.37 bits per heavy atom. The van der Waals surface area contributed by atoms with Gasteiger partial charge in [0.25, 0.3) is 0 Å². The first-order chi connectivity index (χ1) is 14.2. The van der Waals surface area contributed by atoms with E-state index in [-0.39, 0.29) is 11.1 Å². The molecule has 158 valence electrons. The Kier molecular flexibility index (Phi) is 5.27. The third kappa shape index (κ3) is 4.31. The second kappa shape index (κ2) is 7.62. The van der Waals surface area contributed by atoms with Crippen molar-refractivity contribution in [1.82, 2.24) is 20.5 Å². The van der Waals surface area contributed by atoms with E-state index in [0.29, 0.717) is 6.04 Å². The molecule has 1 N–H and O–H groups in total. The lowest BCUT2D eigenvalue weighted by Gasteiger charge is -2.49. The molecule has 1 aliphatic rings. The van der Waals surface area contributed by atoms with E-state index in [4.69, 9.17) is 0 Å². The van der Waals surface area contributed by atoms with Gasteiger partial charge in [0, 0.05) is 41.3 Å². The predicted molar refractivity (Wildman–Crippen MR) is 125 cm³/mol. The van der Waals surface area contributed by atoms with E-state index < -0.39 is 0 Å². The van der Waals surface area contributed by atoms with Gasteiger partial charge in [-0.15, -0.1) is 10.2 Å². The van der Waals surface area contributed by atoms with Gasteiger partial charge in [-0.3, -0.25) is 4.98 Å². The molecule has 3 heterocycles. The van der Waals surface area contributed by atoms with Gasteiger partial charge >= 0.3 is 0 Å². The van der Waals surface area contributed by atoms with Crippen molar-refractivity contribution < 1.29 is 0 Å². The van der Waals surface area contributed by atoms with Gasteiger partial charge in [-0.05, 0) is 82.9 Å². The molecule has 2 aromatic heterocycles. The average molecular weight is 404 g/mol. The van der Waals surface area contributed by atoms with Crippen molar-refractivity contribution >= 4 is 16.7 Å². The normalized spacial score (nSPS) is 18.5. The van der Waals surface area contributed by atoms with Crippen molar-refractivity contribution in [3.05, 3.63) is 48.2 Å². The summed E-state index contributed by atoms with van der Waals surface area (Å²) in [7, 11) is 2.14. The summed E-state index contributed by atoms with van der Waals surface area (Å²) in [5.41, 5.74) is 4.42. The molecule has 30 heavy (non-hydrogen) atoms. The number of anilines is 1. The van der Waals surface area contributed by atoms with Crippen LogP contribution in [0.25, 0.3) is 22.2 Å². The zero-order chi connectivity index (χ0) is 21.5. The van der Waals surface area contributed by atoms with Gasteiger partial charge in [-0.1, -0.05) is 13.0 Å². The first-order valence-corrected chi connectivity index (χ1v) is 10.9. The minimum Gasteiger partial charge on any atom is -0.355 e. The molecular weight excluding hydrogens is 370 g/mol. The Morgan fingerprint density at radius 2 is 1.73 bits per heavy atom. The van der Waals surface area contributed by atoms with Crippen LogP contribution < -0.4 is 10.2 Å². The first-order valence-electron chi connectivity index (χ1n) is 10.9. The minimum atomic E-state index is 0.102. The molecule has 0 aliphatic carbocycles. The zero-order valence-electron chi connectivity index (χ0n) is 19.0. The summed E-state index contributed by atoms with van der Waals surface area (Å²) in [5.74, 6) is 0.924. The monoisotopic (exact) mass is 403 g/mol. The maximum absolute atomic E-state index is 4.58. The van der Waals surface area contributed by atoms with Crippen LogP contribution in [0.15, 0.2) is 42.6 Å². The number of nitrogens with zero attached hydrogens (tertiary/aromatic N) is 4. The third-order valence-electron chi connectivity index (χ3n) is 6.17. The molecule has 1 fully saturated rings. The van der Waals surface area contributed by atoms with E-state index in [0.717, 1.165) is 47.2 Å². The second-order valence-electron chi connectivity index (χ2n) is 9.95. The molecule has 1 saturated heterocycles. The lowest BCUT2D eigenvalue weighted by Crippen LogP contribution is -2.62. The highest BCUT2D eigenvalue weighted by atomic mass is 15.3. The van der Waals surface area contributed by atoms with Crippen LogP contribution in [0.3, 0.4) is 0 Å². The van der Waals surface area contributed by atoms with Crippen molar-refractivity contribution in [2.24, 2.45) is 0 Å². The highest BCUT2D eigenvalue weighted by molar-refractivity contribution is 5.84. The molecule has 0 saturated carbocycles. The van der Waals surface area contributed by atoms with Gasteiger partial charge < -0.3 is 10.2 Å². The van der Waals surface area contributed by atoms with E-state index in [2.05, 4.69) is 103 Å². The molecule has 0 spiro atoms. The average Bonchev–Trinajstić information content (AvgIpc) is 2.70. The fourth-order valence-corrected chi connectivity index (χ4v) is 4.93. The maximum Gasteiger partial charge on any atom is 0.151 e. The Morgan fingerprint density at radius 1 is 1.00 bits per heavy atom. The number of fused-ring (bicyclic) bond motifs is 1. The van der Waals surface area contributed by atoms with Crippen LogP contribution >= 0.6 is 0 Å². The van der Waals surface area contributed by atoms with Crippen LogP contribution in [0.2, 0.25) is 0 Å². The van der Waals surface area contributed by atoms with E-state index in [1.165, 1.54) is 5.56 Å². The van der Waals surface area contributed by atoms with Gasteiger partial charge in [0.15, 0.2) is 5.82 Å². The number of piperidine rings is 1. The Hall–Kier alpha value is -2.53. The lowest BCUT2D eigenvalue weighted by molar-refractivity contribution is 0.160. The van der Waals surface area contributed by atoms with Gasteiger partial charge in [-0.2, -0.15) is 0 Å². The van der Waals surface area contributed by atoms with Crippen molar-refractivity contribution in [3.63, 3.8) is 0 Å². The molecule has 0 bridgehead atoms. The van der Waals surface area contributed by atoms with Crippen LogP contribution in [0, 0.1) is 0 Å². The summed E-state index contributed by atoms with van der Waals surface area (Å²) in [6.07, 6.45) is 5.09. The van der Waals surface area contributed by atoms with Crippen LogP contribution in [0.5, 0.6) is 0 Å². The van der Waals surface area contributed by atoms with Crippen LogP contribution in [0.4, 0.5) is 5.82 Å². The van der Waals surface area contributed by atoms with E-state index in [1.807, 2.05) is 6.20 Å². The van der Waals surface area contributed by atoms with Crippen LogP contribution in [0.1, 0.15) is 53.0 Å². The summed E-state index contributed by atoms with van der Waals surface area (Å²) in [6, 6.07) is 13.1. The van der Waals surface area contributed by atoms with Gasteiger partial charge in [0.2, 0.25) is 0 Å². The maximum atomic E-state index is 4.58. The van der Waals surface area contributed by atoms with Crippen LogP contribution in [-0.2, 0) is 6.42 Å². The van der Waals surface area contributed by atoms with E-state index >= 15 is 0 Å². The number of benzene rings is 1. The number of hydrogen-bond donors (Lipinski definition) is 1. The standard InChI is InChI=1S/C25H33N5/c1-7-17-12-19-13-18(8-9-21(19)26-16-17)22-10-11-23(28-27-22)30(6)20-14-24(2,3)29-25(4,5)15-20/h8-13,16,20,29H,7,14-15H2,1-6H3. The fraction of sp³-hybridized carbons (Fsp3) is 0.480. The molecular formula is C25H33N5. The van der Waals surface area contributed by atoms with Gasteiger partial charge in [0.1, 0.15) is 0 Å². The lowest BCUT2D eigenvalue weighted by atomic mass is 9.79. The first kappa shape index (κ1) is 20.7. The summed E-state index contributed by atoms with van der Waals surface area (Å²) < 4.78 is 0. The molecule has 5 nitrogen and oxygen atoms in total. The Bertz CT molecular complexity index is 1020. The summed E-state index contributed by atoms with van der Waals surface area (Å²) in [5, 5.41) is 14.0. The Labute approximate surface area is 179 Å². The third-order valence-corrected chi connectivity index (χ3v) is 6.17. The zero-order valence-corrected chi connectivity index (χ0v) is 19.0. The molecule has 0 unspecified atom stereocenters. The number of pyridine rings is 1. The van der Waals surface area contributed by atoms with Crippen LogP contribution in [-0.4, -0.2) is 39.3 Å². The molecule has 0 radical (unpaired) electrons. The van der Waals surface area contributed by atoms with E-state index in [9.17, 15) is 0 Å². The highest BCUT2D eigenvalue weighted by Gasteiger charge is 2.39.